The van der Waals surface area contributed by atoms with E-state index in [4.69, 9.17) is 4.74 Å². The molecule has 0 unspecified atom stereocenters. The molecule has 0 bridgehead atoms. The third-order valence-corrected chi connectivity index (χ3v) is 6.40. The lowest BCUT2D eigenvalue weighted by molar-refractivity contribution is 0.0941. The molecular formula is C23H25N3O2S. The average molecular weight is 408 g/mol. The van der Waals surface area contributed by atoms with Gasteiger partial charge in [0.25, 0.3) is 5.91 Å². The number of rotatable bonds is 6. The Balaban J connectivity index is 1.38. The van der Waals surface area contributed by atoms with E-state index >= 15 is 0 Å². The van der Waals surface area contributed by atoms with E-state index in [1.807, 2.05) is 37.3 Å². The smallest absolute Gasteiger partial charge is 0.263 e. The Kier molecular flexibility index (Phi) is 5.92. The highest BCUT2D eigenvalue weighted by Gasteiger charge is 2.26. The first-order valence-corrected chi connectivity index (χ1v) is 10.6. The second kappa shape index (κ2) is 8.76. The fraction of sp³-hybridized carbons (Fsp3) is 0.304. The van der Waals surface area contributed by atoms with Crippen LogP contribution in [0.4, 0.5) is 0 Å². The molecule has 0 radical (unpaired) electrons. The van der Waals surface area contributed by atoms with Crippen LogP contribution in [0.3, 0.4) is 0 Å². The van der Waals surface area contributed by atoms with Gasteiger partial charge in [-0.05, 0) is 43.2 Å². The summed E-state index contributed by atoms with van der Waals surface area (Å²) >= 11 is 1.44. The van der Waals surface area contributed by atoms with E-state index in [1.165, 1.54) is 16.9 Å². The zero-order valence-corrected chi connectivity index (χ0v) is 17.5. The fourth-order valence-electron chi connectivity index (χ4n) is 3.65. The third-order valence-electron chi connectivity index (χ3n) is 5.20. The maximum atomic E-state index is 12.9. The maximum Gasteiger partial charge on any atom is 0.263 e. The summed E-state index contributed by atoms with van der Waals surface area (Å²) in [5.74, 6) is 0.785. The number of carbonyl (C=O) groups excluding carboxylic acids is 1. The van der Waals surface area contributed by atoms with Crippen LogP contribution in [0.25, 0.3) is 10.6 Å². The summed E-state index contributed by atoms with van der Waals surface area (Å²) < 4.78 is 5.21. The molecule has 29 heavy (non-hydrogen) atoms. The van der Waals surface area contributed by atoms with Crippen molar-refractivity contribution in [3.63, 3.8) is 0 Å². The van der Waals surface area contributed by atoms with Gasteiger partial charge in [-0.15, -0.1) is 11.3 Å². The molecule has 0 aliphatic carbocycles. The fourth-order valence-corrected chi connectivity index (χ4v) is 4.63. The van der Waals surface area contributed by atoms with E-state index in [2.05, 4.69) is 39.5 Å². The number of carbonyl (C=O) groups is 1. The largest absolute Gasteiger partial charge is 0.497 e. The van der Waals surface area contributed by atoms with Gasteiger partial charge in [-0.25, -0.2) is 4.98 Å². The predicted molar refractivity (Wildman–Crippen MR) is 116 cm³/mol. The minimum absolute atomic E-state index is 0.0219. The molecule has 1 fully saturated rings. The van der Waals surface area contributed by atoms with Crippen LogP contribution in [0.1, 0.15) is 27.3 Å². The van der Waals surface area contributed by atoms with Gasteiger partial charge in [-0.3, -0.25) is 9.69 Å². The number of thiazole rings is 1. The summed E-state index contributed by atoms with van der Waals surface area (Å²) in [5.41, 5.74) is 3.08. The summed E-state index contributed by atoms with van der Waals surface area (Å²) in [4.78, 5) is 20.5. The molecule has 1 aliphatic rings. The molecule has 4 rings (SSSR count). The Bertz CT molecular complexity index is 970. The van der Waals surface area contributed by atoms with Crippen molar-refractivity contribution in [3.8, 4) is 16.3 Å². The highest BCUT2D eigenvalue weighted by Crippen LogP contribution is 2.29. The Hall–Kier alpha value is -2.70. The Morgan fingerprint density at radius 2 is 1.97 bits per heavy atom. The Morgan fingerprint density at radius 3 is 2.69 bits per heavy atom. The summed E-state index contributed by atoms with van der Waals surface area (Å²) in [5, 5.41) is 4.06. The number of benzene rings is 2. The molecule has 1 aliphatic heterocycles. The average Bonchev–Trinajstić information content (AvgIpc) is 3.35. The number of nitrogens with zero attached hydrogens (tertiary/aromatic N) is 2. The van der Waals surface area contributed by atoms with Crippen LogP contribution in [-0.2, 0) is 6.54 Å². The molecule has 6 heteroatoms. The van der Waals surface area contributed by atoms with E-state index in [-0.39, 0.29) is 11.9 Å². The monoisotopic (exact) mass is 407 g/mol. The van der Waals surface area contributed by atoms with Gasteiger partial charge in [0.15, 0.2) is 0 Å². The molecule has 1 amide bonds. The number of methoxy groups -OCH3 is 1. The zero-order chi connectivity index (χ0) is 20.2. The van der Waals surface area contributed by atoms with Gasteiger partial charge in [0.05, 0.1) is 12.8 Å². The van der Waals surface area contributed by atoms with Crippen molar-refractivity contribution in [1.29, 1.82) is 0 Å². The van der Waals surface area contributed by atoms with Crippen LogP contribution in [0, 0.1) is 6.92 Å². The van der Waals surface area contributed by atoms with Crippen LogP contribution in [0.15, 0.2) is 54.6 Å². The van der Waals surface area contributed by atoms with Crippen LogP contribution < -0.4 is 10.1 Å². The normalized spacial score (nSPS) is 16.7. The lowest BCUT2D eigenvalue weighted by atomic mass is 10.2. The minimum atomic E-state index is -0.0219. The number of aryl methyl sites for hydroxylation is 1. The molecule has 2 heterocycles. The summed E-state index contributed by atoms with van der Waals surface area (Å²) in [6.07, 6.45) is 0.974. The first kappa shape index (κ1) is 19.6. The van der Waals surface area contributed by atoms with Crippen LogP contribution in [0.2, 0.25) is 0 Å². The first-order valence-electron chi connectivity index (χ1n) is 9.81. The molecule has 0 spiro atoms. The van der Waals surface area contributed by atoms with Gasteiger partial charge >= 0.3 is 0 Å². The van der Waals surface area contributed by atoms with E-state index in [0.717, 1.165) is 48.1 Å². The lowest BCUT2D eigenvalue weighted by Gasteiger charge is -2.16. The third kappa shape index (κ3) is 4.66. The second-order valence-electron chi connectivity index (χ2n) is 7.34. The standard InChI is InChI=1S/C23H25N3O2S/c1-16-21(29-23(24-16)18-8-10-20(28-2)11-9-18)22(27)25-19-12-13-26(15-19)14-17-6-4-3-5-7-17/h3-11,19H,12-15H2,1-2H3,(H,25,27)/t19-/m0/s1. The SMILES string of the molecule is COc1ccc(-c2nc(C)c(C(=O)N[C@H]3CCN(Cc4ccccc4)C3)s2)cc1. The van der Waals surface area contributed by atoms with Gasteiger partial charge in [-0.1, -0.05) is 30.3 Å². The van der Waals surface area contributed by atoms with Gasteiger partial charge < -0.3 is 10.1 Å². The van der Waals surface area contributed by atoms with Gasteiger partial charge in [0.1, 0.15) is 15.6 Å². The molecule has 150 valence electrons. The molecule has 1 atom stereocenters. The number of hydrogen-bond donors (Lipinski definition) is 1. The quantitative estimate of drug-likeness (QED) is 0.668. The Labute approximate surface area is 175 Å². The minimum Gasteiger partial charge on any atom is -0.497 e. The molecular weight excluding hydrogens is 382 g/mol. The van der Waals surface area contributed by atoms with Gasteiger partial charge in [0, 0.05) is 31.2 Å². The summed E-state index contributed by atoms with van der Waals surface area (Å²) in [6.45, 7) is 4.70. The van der Waals surface area contributed by atoms with E-state index < -0.39 is 0 Å². The van der Waals surface area contributed by atoms with Crippen molar-refractivity contribution in [3.05, 3.63) is 70.7 Å². The predicted octanol–water partition coefficient (Wildman–Crippen LogP) is 4.13. The number of nitrogens with one attached hydrogen (secondary N) is 1. The van der Waals surface area contributed by atoms with Crippen LogP contribution >= 0.6 is 11.3 Å². The molecule has 1 saturated heterocycles. The summed E-state index contributed by atoms with van der Waals surface area (Å²) in [6, 6.07) is 18.4. The number of aromatic nitrogens is 1. The lowest BCUT2D eigenvalue weighted by Crippen LogP contribution is -2.36. The van der Waals surface area contributed by atoms with Crippen LogP contribution in [0.5, 0.6) is 5.75 Å². The topological polar surface area (TPSA) is 54.5 Å². The van der Waals surface area contributed by atoms with Crippen molar-refractivity contribution < 1.29 is 9.53 Å². The van der Waals surface area contributed by atoms with Crippen molar-refractivity contribution >= 4 is 17.2 Å². The molecule has 0 saturated carbocycles. The maximum absolute atomic E-state index is 12.9. The number of amides is 1. The molecule has 5 nitrogen and oxygen atoms in total. The molecule has 1 N–H and O–H groups in total. The van der Waals surface area contributed by atoms with Crippen molar-refractivity contribution in [2.24, 2.45) is 0 Å². The van der Waals surface area contributed by atoms with Crippen molar-refractivity contribution in [2.75, 3.05) is 20.2 Å². The molecule has 3 aromatic rings. The number of ether oxygens (including phenoxy) is 1. The Morgan fingerprint density at radius 1 is 1.21 bits per heavy atom. The van der Waals surface area contributed by atoms with Crippen LogP contribution in [-0.4, -0.2) is 42.0 Å². The highest BCUT2D eigenvalue weighted by molar-refractivity contribution is 7.17. The second-order valence-corrected chi connectivity index (χ2v) is 8.34. The first-order chi connectivity index (χ1) is 14.1. The van der Waals surface area contributed by atoms with Crippen molar-refractivity contribution in [2.45, 2.75) is 25.9 Å². The highest BCUT2D eigenvalue weighted by atomic mass is 32.1. The van der Waals surface area contributed by atoms with Gasteiger partial charge in [0.2, 0.25) is 0 Å². The molecule has 2 aromatic carbocycles. The zero-order valence-electron chi connectivity index (χ0n) is 16.7. The van der Waals surface area contributed by atoms with Crippen molar-refractivity contribution in [1.82, 2.24) is 15.2 Å². The van der Waals surface area contributed by atoms with E-state index in [0.29, 0.717) is 4.88 Å². The van der Waals surface area contributed by atoms with E-state index in [1.54, 1.807) is 7.11 Å². The number of likely N-dealkylation sites (tertiary alicyclic amines) is 1. The van der Waals surface area contributed by atoms with Gasteiger partial charge in [-0.2, -0.15) is 0 Å². The van der Waals surface area contributed by atoms with E-state index in [9.17, 15) is 4.79 Å². The summed E-state index contributed by atoms with van der Waals surface area (Å²) in [7, 11) is 1.65. The molecule has 1 aromatic heterocycles. The number of hydrogen-bond acceptors (Lipinski definition) is 5.